The van der Waals surface area contributed by atoms with Gasteiger partial charge in [-0.2, -0.15) is 0 Å². The van der Waals surface area contributed by atoms with Gasteiger partial charge in [0, 0.05) is 13.5 Å². The number of rotatable bonds is 10. The molecule has 3 unspecified atom stereocenters. The van der Waals surface area contributed by atoms with Gasteiger partial charge in [-0.05, 0) is 52.6 Å². The van der Waals surface area contributed by atoms with E-state index in [2.05, 4.69) is 15.5 Å². The van der Waals surface area contributed by atoms with Crippen LogP contribution in [0.15, 0.2) is 53.3 Å². The standard InChI is InChI=1S/C29H38FN5O4/c1-17(2)25(35(6)28(38)22(31)14-18-7-10-20(30)11-8-18)26(37)33-23(27-34-32-16-39-27)15-19-9-12-24(36)21(13-19)29(3,4)5/h7-13,16-17,22-23,25,36H,14-15,31H2,1-6H3,(H,33,37). The first-order chi connectivity index (χ1) is 18.3. The summed E-state index contributed by atoms with van der Waals surface area (Å²) in [6, 6.07) is 8.70. The second-order valence-corrected chi connectivity index (χ2v) is 11.2. The number of likely N-dealkylation sites (N-methyl/N-ethyl adjacent to an activating group) is 1. The lowest BCUT2D eigenvalue weighted by Gasteiger charge is -2.33. The maximum absolute atomic E-state index is 13.6. The number of hydrogen-bond acceptors (Lipinski definition) is 7. The summed E-state index contributed by atoms with van der Waals surface area (Å²) in [6.07, 6.45) is 1.72. The van der Waals surface area contributed by atoms with Crippen molar-refractivity contribution >= 4 is 11.8 Å². The highest BCUT2D eigenvalue weighted by atomic mass is 19.1. The van der Waals surface area contributed by atoms with Gasteiger partial charge in [-0.25, -0.2) is 4.39 Å². The molecule has 2 aromatic carbocycles. The maximum atomic E-state index is 13.6. The van der Waals surface area contributed by atoms with Gasteiger partial charge in [-0.15, -0.1) is 10.2 Å². The van der Waals surface area contributed by atoms with Gasteiger partial charge in [0.25, 0.3) is 0 Å². The Hall–Kier alpha value is -3.79. The Bertz CT molecular complexity index is 1260. The van der Waals surface area contributed by atoms with E-state index in [1.165, 1.54) is 23.4 Å². The maximum Gasteiger partial charge on any atom is 0.243 e. The van der Waals surface area contributed by atoms with Crippen molar-refractivity contribution in [1.82, 2.24) is 20.4 Å². The van der Waals surface area contributed by atoms with E-state index in [1.807, 2.05) is 40.7 Å². The molecule has 3 rings (SSSR count). The number of aromatic hydroxyl groups is 1. The quantitative estimate of drug-likeness (QED) is 0.358. The molecule has 0 aliphatic heterocycles. The Balaban J connectivity index is 1.80. The fourth-order valence-corrected chi connectivity index (χ4v) is 4.62. The molecule has 1 aromatic heterocycles. The molecule has 0 radical (unpaired) electrons. The van der Waals surface area contributed by atoms with E-state index >= 15 is 0 Å². The fourth-order valence-electron chi connectivity index (χ4n) is 4.62. The van der Waals surface area contributed by atoms with Crippen molar-refractivity contribution in [3.8, 4) is 5.75 Å². The van der Waals surface area contributed by atoms with E-state index in [-0.39, 0.29) is 35.2 Å². The van der Waals surface area contributed by atoms with Crippen LogP contribution in [0.25, 0.3) is 0 Å². The second-order valence-electron chi connectivity index (χ2n) is 11.2. The molecular weight excluding hydrogens is 501 g/mol. The monoisotopic (exact) mass is 539 g/mol. The first kappa shape index (κ1) is 29.8. The molecule has 39 heavy (non-hydrogen) atoms. The number of phenolic OH excluding ortho intramolecular Hbond substituents is 1. The van der Waals surface area contributed by atoms with Crippen LogP contribution < -0.4 is 11.1 Å². The summed E-state index contributed by atoms with van der Waals surface area (Å²) in [4.78, 5) is 28.2. The van der Waals surface area contributed by atoms with Crippen molar-refractivity contribution < 1.29 is 23.5 Å². The molecule has 1 heterocycles. The SMILES string of the molecule is CC(C)C(C(=O)NC(Cc1ccc(O)c(C(C)(C)C)c1)c1nnco1)N(C)C(=O)C(N)Cc1ccc(F)cc1. The zero-order valence-corrected chi connectivity index (χ0v) is 23.3. The number of aromatic nitrogens is 2. The minimum atomic E-state index is -0.908. The number of halogens is 1. The topological polar surface area (TPSA) is 135 Å². The molecule has 210 valence electrons. The zero-order valence-electron chi connectivity index (χ0n) is 23.3. The van der Waals surface area contributed by atoms with Crippen LogP contribution in [0.2, 0.25) is 0 Å². The van der Waals surface area contributed by atoms with Crippen LogP contribution in [0.1, 0.15) is 63.2 Å². The largest absolute Gasteiger partial charge is 0.508 e. The van der Waals surface area contributed by atoms with Crippen LogP contribution in [0, 0.1) is 11.7 Å². The van der Waals surface area contributed by atoms with E-state index < -0.39 is 29.9 Å². The Kier molecular flexibility index (Phi) is 9.45. The second kappa shape index (κ2) is 12.4. The third-order valence-electron chi connectivity index (χ3n) is 6.65. The van der Waals surface area contributed by atoms with E-state index in [0.29, 0.717) is 6.42 Å². The molecule has 2 amide bonds. The fraction of sp³-hybridized carbons (Fsp3) is 0.448. The molecule has 4 N–H and O–H groups in total. The van der Waals surface area contributed by atoms with Crippen LogP contribution >= 0.6 is 0 Å². The Morgan fingerprint density at radius 3 is 2.31 bits per heavy atom. The molecule has 0 fully saturated rings. The molecule has 0 saturated heterocycles. The van der Waals surface area contributed by atoms with Crippen molar-refractivity contribution in [2.75, 3.05) is 7.05 Å². The average Bonchev–Trinajstić information content (AvgIpc) is 3.40. The lowest BCUT2D eigenvalue weighted by atomic mass is 9.84. The number of nitrogens with two attached hydrogens (primary N) is 1. The Morgan fingerprint density at radius 2 is 1.74 bits per heavy atom. The van der Waals surface area contributed by atoms with Crippen molar-refractivity contribution in [3.05, 3.63) is 77.3 Å². The van der Waals surface area contributed by atoms with Crippen molar-refractivity contribution in [1.29, 1.82) is 0 Å². The summed E-state index contributed by atoms with van der Waals surface area (Å²) in [5, 5.41) is 21.1. The number of carbonyl (C=O) groups is 2. The van der Waals surface area contributed by atoms with Crippen LogP contribution in [-0.4, -0.2) is 51.1 Å². The predicted molar refractivity (Wildman–Crippen MR) is 145 cm³/mol. The summed E-state index contributed by atoms with van der Waals surface area (Å²) >= 11 is 0. The third kappa shape index (κ3) is 7.63. The van der Waals surface area contributed by atoms with Gasteiger partial charge in [0.05, 0.1) is 6.04 Å². The van der Waals surface area contributed by atoms with Crippen molar-refractivity contribution in [2.45, 2.75) is 71.0 Å². The number of nitrogens with one attached hydrogen (secondary N) is 1. The van der Waals surface area contributed by atoms with E-state index in [9.17, 15) is 19.1 Å². The first-order valence-corrected chi connectivity index (χ1v) is 12.9. The predicted octanol–water partition coefficient (Wildman–Crippen LogP) is 3.66. The van der Waals surface area contributed by atoms with Crippen LogP contribution in [0.4, 0.5) is 4.39 Å². The molecule has 0 spiro atoms. The summed E-state index contributed by atoms with van der Waals surface area (Å²) in [5.74, 6) is -0.991. The molecule has 0 saturated carbocycles. The Morgan fingerprint density at radius 1 is 1.10 bits per heavy atom. The number of benzene rings is 2. The van der Waals surface area contributed by atoms with Gasteiger partial charge >= 0.3 is 0 Å². The average molecular weight is 540 g/mol. The van der Waals surface area contributed by atoms with Gasteiger partial charge in [-0.1, -0.05) is 58.9 Å². The smallest absolute Gasteiger partial charge is 0.243 e. The van der Waals surface area contributed by atoms with Gasteiger partial charge in [0.2, 0.25) is 24.1 Å². The highest BCUT2D eigenvalue weighted by molar-refractivity contribution is 5.90. The highest BCUT2D eigenvalue weighted by Crippen LogP contribution is 2.32. The number of nitrogens with zero attached hydrogens (tertiary/aromatic N) is 3. The molecule has 0 bridgehead atoms. The van der Waals surface area contributed by atoms with Crippen LogP contribution in [-0.2, 0) is 27.8 Å². The number of amides is 2. The number of hydrogen-bond donors (Lipinski definition) is 3. The van der Waals surface area contributed by atoms with Crippen molar-refractivity contribution in [3.63, 3.8) is 0 Å². The first-order valence-electron chi connectivity index (χ1n) is 12.9. The minimum Gasteiger partial charge on any atom is -0.508 e. The highest BCUT2D eigenvalue weighted by Gasteiger charge is 2.34. The molecule has 3 atom stereocenters. The lowest BCUT2D eigenvalue weighted by molar-refractivity contribution is -0.141. The molecular formula is C29H38FN5O4. The van der Waals surface area contributed by atoms with Gasteiger partial charge in [-0.3, -0.25) is 9.59 Å². The summed E-state index contributed by atoms with van der Waals surface area (Å²) in [5.41, 5.74) is 8.26. The van der Waals surface area contributed by atoms with Gasteiger partial charge in [0.15, 0.2) is 0 Å². The zero-order chi connectivity index (χ0) is 28.9. The van der Waals surface area contributed by atoms with E-state index in [1.54, 1.807) is 31.3 Å². The molecule has 0 aliphatic rings. The van der Waals surface area contributed by atoms with Gasteiger partial charge < -0.3 is 25.5 Å². The van der Waals surface area contributed by atoms with E-state index in [0.717, 1.165) is 16.7 Å². The molecule has 10 heteroatoms. The van der Waals surface area contributed by atoms with Gasteiger partial charge in [0.1, 0.15) is 23.7 Å². The lowest BCUT2D eigenvalue weighted by Crippen LogP contribution is -2.55. The number of carbonyl (C=O) groups excluding carboxylic acids is 2. The summed E-state index contributed by atoms with van der Waals surface area (Å²) in [6.45, 7) is 9.70. The number of phenols is 1. The van der Waals surface area contributed by atoms with Crippen molar-refractivity contribution in [2.24, 2.45) is 11.7 Å². The molecule has 0 aliphatic carbocycles. The molecule has 9 nitrogen and oxygen atoms in total. The van der Waals surface area contributed by atoms with Crippen LogP contribution in [0.3, 0.4) is 0 Å². The third-order valence-corrected chi connectivity index (χ3v) is 6.65. The normalized spacial score (nSPS) is 14.1. The summed E-state index contributed by atoms with van der Waals surface area (Å²) in [7, 11) is 1.55. The molecule has 3 aromatic rings. The van der Waals surface area contributed by atoms with Crippen LogP contribution in [0.5, 0.6) is 5.75 Å². The minimum absolute atomic E-state index is 0.196. The Labute approximate surface area is 228 Å². The summed E-state index contributed by atoms with van der Waals surface area (Å²) < 4.78 is 18.7. The van der Waals surface area contributed by atoms with E-state index in [4.69, 9.17) is 10.2 Å².